The summed E-state index contributed by atoms with van der Waals surface area (Å²) in [6.45, 7) is 0. The first kappa shape index (κ1) is 19.3. The summed E-state index contributed by atoms with van der Waals surface area (Å²) in [5, 5.41) is 3.53. The summed E-state index contributed by atoms with van der Waals surface area (Å²) in [6.07, 6.45) is 7.73. The molecular weight excluding hydrogens is 360 g/mol. The number of amides is 1. The molecule has 0 fully saturated rings. The van der Waals surface area contributed by atoms with Crippen LogP contribution in [0.2, 0.25) is 0 Å². The van der Waals surface area contributed by atoms with E-state index in [1.807, 2.05) is 18.2 Å². The van der Waals surface area contributed by atoms with Gasteiger partial charge in [0, 0.05) is 11.0 Å². The molecule has 0 aliphatic heterocycles. The van der Waals surface area contributed by atoms with Gasteiger partial charge in [-0.25, -0.2) is 4.98 Å². The van der Waals surface area contributed by atoms with E-state index < -0.39 is 0 Å². The van der Waals surface area contributed by atoms with Crippen molar-refractivity contribution in [1.29, 1.82) is 0 Å². The summed E-state index contributed by atoms with van der Waals surface area (Å²) in [5.41, 5.74) is 2.01. The number of nitrogens with one attached hydrogen (secondary N) is 1. The molecule has 0 saturated carbocycles. The fourth-order valence-corrected chi connectivity index (χ4v) is 3.73. The van der Waals surface area contributed by atoms with E-state index in [4.69, 9.17) is 9.47 Å². The van der Waals surface area contributed by atoms with E-state index in [9.17, 15) is 4.79 Å². The van der Waals surface area contributed by atoms with Crippen molar-refractivity contribution >= 4 is 40.9 Å². The zero-order chi connectivity index (χ0) is 16.9. The van der Waals surface area contributed by atoms with Gasteiger partial charge in [0.15, 0.2) is 16.6 Å². The molecule has 0 unspecified atom stereocenters. The predicted octanol–water partition coefficient (Wildman–Crippen LogP) is 4.11. The van der Waals surface area contributed by atoms with E-state index in [1.165, 1.54) is 23.8 Å². The first-order chi connectivity index (χ1) is 11.7. The molecule has 2 aromatic rings. The number of fused-ring (bicyclic) bond motifs is 1. The fourth-order valence-electron chi connectivity index (χ4n) is 2.68. The average molecular weight is 381 g/mol. The number of aryl methyl sites for hydroxylation is 2. The number of benzene rings is 1. The molecule has 0 bridgehead atoms. The Kier molecular flexibility index (Phi) is 6.84. The smallest absolute Gasteiger partial charge is 0.250 e. The molecule has 0 spiro atoms. The molecule has 134 valence electrons. The second-order valence-corrected chi connectivity index (χ2v) is 6.62. The zero-order valence-corrected chi connectivity index (χ0v) is 15.8. The number of nitrogens with zero attached hydrogens (tertiary/aromatic N) is 1. The molecule has 1 amide bonds. The normalized spacial score (nSPS) is 13.0. The molecule has 1 heterocycles. The molecule has 0 saturated heterocycles. The first-order valence-corrected chi connectivity index (χ1v) is 8.71. The van der Waals surface area contributed by atoms with E-state index >= 15 is 0 Å². The Labute approximate surface area is 157 Å². The summed E-state index contributed by atoms with van der Waals surface area (Å²) in [7, 11) is 3.18. The van der Waals surface area contributed by atoms with Gasteiger partial charge < -0.3 is 9.47 Å². The van der Waals surface area contributed by atoms with Crippen LogP contribution in [0.15, 0.2) is 24.3 Å². The van der Waals surface area contributed by atoms with Gasteiger partial charge in [-0.2, -0.15) is 0 Å². The third kappa shape index (κ3) is 4.74. The minimum absolute atomic E-state index is 0. The van der Waals surface area contributed by atoms with Crippen molar-refractivity contribution in [3.63, 3.8) is 0 Å². The van der Waals surface area contributed by atoms with Gasteiger partial charge in [-0.15, -0.1) is 23.7 Å². The van der Waals surface area contributed by atoms with Crippen LogP contribution in [0, 0.1) is 0 Å². The Hall–Kier alpha value is -2.05. The standard InChI is InChI=1S/C18H20N2O3S.ClH/c1-22-14-9-7-12(11-15(14)23-2)8-10-17(21)20-18-19-13-5-3-4-6-16(13)24-18;/h7-11H,3-6H2,1-2H3,(H,19,20,21);1H/b10-8+;. The molecule has 5 nitrogen and oxygen atoms in total. The van der Waals surface area contributed by atoms with Crippen molar-refractivity contribution in [1.82, 2.24) is 4.98 Å². The zero-order valence-electron chi connectivity index (χ0n) is 14.2. The van der Waals surface area contributed by atoms with Crippen LogP contribution in [0.1, 0.15) is 29.0 Å². The van der Waals surface area contributed by atoms with Gasteiger partial charge in [0.25, 0.3) is 0 Å². The second kappa shape index (κ2) is 8.87. The SMILES string of the molecule is COc1ccc(/C=C/C(=O)Nc2nc3c(s2)CCCC3)cc1OC.Cl. The highest BCUT2D eigenvalue weighted by atomic mass is 35.5. The highest BCUT2D eigenvalue weighted by Gasteiger charge is 2.15. The van der Waals surface area contributed by atoms with Crippen molar-refractivity contribution in [2.45, 2.75) is 25.7 Å². The maximum absolute atomic E-state index is 12.1. The van der Waals surface area contributed by atoms with E-state index in [1.54, 1.807) is 31.6 Å². The highest BCUT2D eigenvalue weighted by Crippen LogP contribution is 2.30. The topological polar surface area (TPSA) is 60.5 Å². The number of anilines is 1. The van der Waals surface area contributed by atoms with Crippen LogP contribution in [0.25, 0.3) is 6.08 Å². The molecule has 1 N–H and O–H groups in total. The van der Waals surface area contributed by atoms with Crippen molar-refractivity contribution in [2.24, 2.45) is 0 Å². The van der Waals surface area contributed by atoms with Crippen LogP contribution in [0.5, 0.6) is 11.5 Å². The molecule has 1 aromatic carbocycles. The lowest BCUT2D eigenvalue weighted by Gasteiger charge is -2.07. The number of hydrogen-bond acceptors (Lipinski definition) is 5. The van der Waals surface area contributed by atoms with E-state index in [0.29, 0.717) is 16.6 Å². The van der Waals surface area contributed by atoms with Gasteiger partial charge >= 0.3 is 0 Å². The van der Waals surface area contributed by atoms with Crippen molar-refractivity contribution < 1.29 is 14.3 Å². The highest BCUT2D eigenvalue weighted by molar-refractivity contribution is 7.15. The number of carbonyl (C=O) groups excluding carboxylic acids is 1. The number of methoxy groups -OCH3 is 2. The van der Waals surface area contributed by atoms with E-state index in [2.05, 4.69) is 10.3 Å². The summed E-state index contributed by atoms with van der Waals surface area (Å²) in [6, 6.07) is 5.50. The second-order valence-electron chi connectivity index (χ2n) is 5.53. The van der Waals surface area contributed by atoms with E-state index in [-0.39, 0.29) is 18.3 Å². The van der Waals surface area contributed by atoms with Gasteiger partial charge in [0.1, 0.15) is 0 Å². The Morgan fingerprint density at radius 2 is 1.96 bits per heavy atom. The maximum atomic E-state index is 12.1. The minimum Gasteiger partial charge on any atom is -0.493 e. The Morgan fingerprint density at radius 3 is 2.68 bits per heavy atom. The molecule has 0 atom stereocenters. The number of ether oxygens (including phenoxy) is 2. The summed E-state index contributed by atoms with van der Waals surface area (Å²) in [5.74, 6) is 1.11. The van der Waals surface area contributed by atoms with Crippen LogP contribution < -0.4 is 14.8 Å². The van der Waals surface area contributed by atoms with Gasteiger partial charge in [-0.1, -0.05) is 6.07 Å². The van der Waals surface area contributed by atoms with Crippen LogP contribution in [0.3, 0.4) is 0 Å². The van der Waals surface area contributed by atoms with Gasteiger partial charge in [0.05, 0.1) is 19.9 Å². The quantitative estimate of drug-likeness (QED) is 0.793. The molecule has 1 aliphatic carbocycles. The largest absolute Gasteiger partial charge is 0.493 e. The maximum Gasteiger partial charge on any atom is 0.250 e. The monoisotopic (exact) mass is 380 g/mol. The molecular formula is C18H21ClN2O3S. The van der Waals surface area contributed by atoms with Crippen LogP contribution in [-0.4, -0.2) is 25.1 Å². The van der Waals surface area contributed by atoms with Gasteiger partial charge in [-0.3, -0.25) is 10.1 Å². The third-order valence-corrected chi connectivity index (χ3v) is 4.98. The minimum atomic E-state index is -0.184. The lowest BCUT2D eigenvalue weighted by molar-refractivity contribution is -0.111. The molecule has 1 aliphatic rings. The molecule has 7 heteroatoms. The van der Waals surface area contributed by atoms with Crippen molar-refractivity contribution in [3.05, 3.63) is 40.4 Å². The molecule has 0 radical (unpaired) electrons. The van der Waals surface area contributed by atoms with E-state index in [0.717, 1.165) is 24.1 Å². The van der Waals surface area contributed by atoms with Crippen LogP contribution >= 0.6 is 23.7 Å². The average Bonchev–Trinajstić information content (AvgIpc) is 3.01. The predicted molar refractivity (Wildman–Crippen MR) is 103 cm³/mol. The molecule has 1 aromatic heterocycles. The summed E-state index contributed by atoms with van der Waals surface area (Å²) < 4.78 is 10.5. The van der Waals surface area contributed by atoms with Gasteiger partial charge in [-0.05, 0) is 49.5 Å². The van der Waals surface area contributed by atoms with Crippen LogP contribution in [-0.2, 0) is 17.6 Å². The Morgan fingerprint density at radius 1 is 1.20 bits per heavy atom. The lowest BCUT2D eigenvalue weighted by Crippen LogP contribution is -2.07. The summed E-state index contributed by atoms with van der Waals surface area (Å²) in [4.78, 5) is 17.9. The third-order valence-electron chi connectivity index (χ3n) is 3.91. The Bertz CT molecular complexity index is 750. The van der Waals surface area contributed by atoms with Crippen LogP contribution in [0.4, 0.5) is 5.13 Å². The number of aromatic nitrogens is 1. The van der Waals surface area contributed by atoms with Gasteiger partial charge in [0.2, 0.25) is 5.91 Å². The fraction of sp³-hybridized carbons (Fsp3) is 0.333. The number of thiazole rings is 1. The number of carbonyl (C=O) groups is 1. The Balaban J connectivity index is 0.00000225. The number of rotatable bonds is 5. The number of hydrogen-bond donors (Lipinski definition) is 1. The lowest BCUT2D eigenvalue weighted by atomic mass is 10.0. The first-order valence-electron chi connectivity index (χ1n) is 7.89. The van der Waals surface area contributed by atoms with Crippen molar-refractivity contribution in [2.75, 3.05) is 19.5 Å². The van der Waals surface area contributed by atoms with Crippen molar-refractivity contribution in [3.8, 4) is 11.5 Å². The molecule has 25 heavy (non-hydrogen) atoms. The number of halogens is 1. The summed E-state index contributed by atoms with van der Waals surface area (Å²) >= 11 is 1.58. The molecule has 3 rings (SSSR count).